The van der Waals surface area contributed by atoms with Gasteiger partial charge in [0.1, 0.15) is 9.52 Å². The number of hydrogen-bond acceptors (Lipinski definition) is 3. The number of pyridine rings is 1. The van der Waals surface area contributed by atoms with Crippen molar-refractivity contribution in [2.24, 2.45) is 0 Å². The third kappa shape index (κ3) is 3.55. The van der Waals surface area contributed by atoms with Gasteiger partial charge in [0.2, 0.25) is 0 Å². The van der Waals surface area contributed by atoms with Gasteiger partial charge in [-0.2, -0.15) is 0 Å². The van der Waals surface area contributed by atoms with Crippen molar-refractivity contribution in [3.8, 4) is 0 Å². The van der Waals surface area contributed by atoms with Crippen LogP contribution in [0.4, 0.5) is 13.2 Å². The molecule has 0 radical (unpaired) electrons. The topological polar surface area (TPSA) is 39.2 Å². The second kappa shape index (κ2) is 6.18. The molecule has 94 valence electrons. The van der Waals surface area contributed by atoms with E-state index in [0.717, 1.165) is 6.20 Å². The lowest BCUT2D eigenvalue weighted by Gasteiger charge is -2.08. The molecular formula is C10H9F3INO2. The molecule has 7 heteroatoms. The molecule has 0 unspecified atom stereocenters. The first kappa shape index (κ1) is 14.2. The standard InChI is InChI=1S/C10H9F3INO2/c1-2-17-6(16)3-5-4-15-10(14)7(8(5)11)9(12)13/h4,9H,2-3H2,1H3. The molecule has 0 saturated carbocycles. The number of hydrogen-bond donors (Lipinski definition) is 0. The Hall–Kier alpha value is -0.860. The minimum absolute atomic E-state index is 0.109. The van der Waals surface area contributed by atoms with Gasteiger partial charge in [0, 0.05) is 11.8 Å². The first-order valence-electron chi connectivity index (χ1n) is 4.73. The van der Waals surface area contributed by atoms with Crippen molar-refractivity contribution >= 4 is 28.6 Å². The summed E-state index contributed by atoms with van der Waals surface area (Å²) in [4.78, 5) is 14.8. The van der Waals surface area contributed by atoms with Gasteiger partial charge < -0.3 is 4.74 Å². The van der Waals surface area contributed by atoms with Crippen molar-refractivity contribution in [3.63, 3.8) is 0 Å². The van der Waals surface area contributed by atoms with Gasteiger partial charge in [0.15, 0.2) is 0 Å². The molecule has 0 bridgehead atoms. The van der Waals surface area contributed by atoms with Crippen molar-refractivity contribution in [3.05, 3.63) is 26.8 Å². The molecule has 1 rings (SSSR count). The van der Waals surface area contributed by atoms with Crippen LogP contribution in [-0.2, 0) is 16.0 Å². The highest BCUT2D eigenvalue weighted by Gasteiger charge is 2.22. The molecule has 0 spiro atoms. The molecule has 0 aromatic carbocycles. The fraction of sp³-hybridized carbons (Fsp3) is 0.400. The number of carbonyl (C=O) groups is 1. The quantitative estimate of drug-likeness (QED) is 0.472. The normalized spacial score (nSPS) is 10.7. The Morgan fingerprint density at radius 2 is 2.24 bits per heavy atom. The number of alkyl halides is 2. The van der Waals surface area contributed by atoms with Crippen LogP contribution in [0.2, 0.25) is 0 Å². The average Bonchev–Trinajstić information content (AvgIpc) is 2.22. The van der Waals surface area contributed by atoms with E-state index in [4.69, 9.17) is 0 Å². The Morgan fingerprint density at radius 3 is 2.76 bits per heavy atom. The SMILES string of the molecule is CCOC(=O)Cc1cnc(I)c(C(F)F)c1F. The summed E-state index contributed by atoms with van der Waals surface area (Å²) in [6, 6.07) is 0. The number of nitrogens with zero attached hydrogens (tertiary/aromatic N) is 1. The molecule has 0 amide bonds. The summed E-state index contributed by atoms with van der Waals surface area (Å²) in [6.07, 6.45) is -2.29. The molecule has 1 heterocycles. The van der Waals surface area contributed by atoms with Crippen molar-refractivity contribution < 1.29 is 22.7 Å². The summed E-state index contributed by atoms with van der Waals surface area (Å²) in [5, 5.41) is 0. The Kier molecular flexibility index (Phi) is 5.16. The van der Waals surface area contributed by atoms with E-state index in [-0.39, 0.29) is 15.9 Å². The lowest BCUT2D eigenvalue weighted by Crippen LogP contribution is -2.11. The number of carbonyl (C=O) groups excluding carboxylic acids is 1. The predicted molar refractivity (Wildman–Crippen MR) is 62.2 cm³/mol. The van der Waals surface area contributed by atoms with Crippen LogP contribution in [0.3, 0.4) is 0 Å². The molecule has 0 aliphatic rings. The van der Waals surface area contributed by atoms with Crippen LogP contribution in [0.25, 0.3) is 0 Å². The van der Waals surface area contributed by atoms with Crippen LogP contribution >= 0.6 is 22.6 Å². The van der Waals surface area contributed by atoms with Crippen LogP contribution in [0.5, 0.6) is 0 Å². The minimum atomic E-state index is -2.96. The highest BCUT2D eigenvalue weighted by atomic mass is 127. The van der Waals surface area contributed by atoms with Gasteiger partial charge in [-0.1, -0.05) is 0 Å². The fourth-order valence-electron chi connectivity index (χ4n) is 1.20. The van der Waals surface area contributed by atoms with Crippen molar-refractivity contribution in [1.82, 2.24) is 4.98 Å². The summed E-state index contributed by atoms with van der Waals surface area (Å²) in [6.45, 7) is 1.75. The van der Waals surface area contributed by atoms with E-state index in [1.54, 1.807) is 6.92 Å². The lowest BCUT2D eigenvalue weighted by molar-refractivity contribution is -0.142. The van der Waals surface area contributed by atoms with Crippen LogP contribution < -0.4 is 0 Å². The fourth-order valence-corrected chi connectivity index (χ4v) is 1.81. The van der Waals surface area contributed by atoms with Crippen LogP contribution in [0, 0.1) is 9.52 Å². The first-order valence-corrected chi connectivity index (χ1v) is 5.81. The van der Waals surface area contributed by atoms with Crippen LogP contribution in [-0.4, -0.2) is 17.6 Å². The molecule has 0 aliphatic carbocycles. The third-order valence-corrected chi connectivity index (χ3v) is 2.79. The van der Waals surface area contributed by atoms with E-state index < -0.39 is 30.2 Å². The molecule has 1 aromatic rings. The van der Waals surface area contributed by atoms with Crippen molar-refractivity contribution in [2.45, 2.75) is 19.8 Å². The number of aromatic nitrogens is 1. The number of rotatable bonds is 4. The van der Waals surface area contributed by atoms with Gasteiger partial charge in [-0.15, -0.1) is 0 Å². The first-order chi connectivity index (χ1) is 7.97. The van der Waals surface area contributed by atoms with Gasteiger partial charge in [-0.25, -0.2) is 18.2 Å². The molecule has 0 aliphatic heterocycles. The Morgan fingerprint density at radius 1 is 1.59 bits per heavy atom. The highest BCUT2D eigenvalue weighted by Crippen LogP contribution is 2.27. The van der Waals surface area contributed by atoms with Gasteiger partial charge in [-0.05, 0) is 29.5 Å². The number of ether oxygens (including phenoxy) is 1. The van der Waals surface area contributed by atoms with E-state index in [1.165, 1.54) is 22.6 Å². The maximum Gasteiger partial charge on any atom is 0.310 e. The molecular weight excluding hydrogens is 350 g/mol. The summed E-state index contributed by atoms with van der Waals surface area (Å²) < 4.78 is 43.3. The smallest absolute Gasteiger partial charge is 0.310 e. The van der Waals surface area contributed by atoms with E-state index in [1.807, 2.05) is 0 Å². The Bertz CT molecular complexity index is 426. The zero-order chi connectivity index (χ0) is 13.0. The van der Waals surface area contributed by atoms with Gasteiger partial charge in [0.25, 0.3) is 6.43 Å². The zero-order valence-electron chi connectivity index (χ0n) is 8.84. The number of esters is 1. The van der Waals surface area contributed by atoms with E-state index >= 15 is 0 Å². The third-order valence-electron chi connectivity index (χ3n) is 1.93. The van der Waals surface area contributed by atoms with E-state index in [0.29, 0.717) is 0 Å². The van der Waals surface area contributed by atoms with Crippen molar-refractivity contribution in [1.29, 1.82) is 0 Å². The maximum absolute atomic E-state index is 13.7. The molecule has 0 saturated heterocycles. The number of halogens is 4. The van der Waals surface area contributed by atoms with Crippen LogP contribution in [0.1, 0.15) is 24.5 Å². The summed E-state index contributed by atoms with van der Waals surface area (Å²) in [5.74, 6) is -1.76. The Labute approximate surface area is 110 Å². The summed E-state index contributed by atoms with van der Waals surface area (Å²) >= 11 is 1.52. The van der Waals surface area contributed by atoms with E-state index in [9.17, 15) is 18.0 Å². The monoisotopic (exact) mass is 359 g/mol. The largest absolute Gasteiger partial charge is 0.466 e. The molecule has 0 atom stereocenters. The second-order valence-corrected chi connectivity index (χ2v) is 4.11. The zero-order valence-corrected chi connectivity index (χ0v) is 11.0. The average molecular weight is 359 g/mol. The molecule has 17 heavy (non-hydrogen) atoms. The van der Waals surface area contributed by atoms with Gasteiger partial charge in [0.05, 0.1) is 18.6 Å². The molecule has 3 nitrogen and oxygen atoms in total. The Balaban J connectivity index is 3.02. The molecule has 1 aromatic heterocycles. The second-order valence-electron chi connectivity index (χ2n) is 3.08. The maximum atomic E-state index is 13.7. The van der Waals surface area contributed by atoms with Crippen molar-refractivity contribution in [2.75, 3.05) is 6.61 Å². The summed E-state index contributed by atoms with van der Waals surface area (Å²) in [7, 11) is 0. The molecule has 0 fully saturated rings. The minimum Gasteiger partial charge on any atom is -0.466 e. The van der Waals surface area contributed by atoms with Gasteiger partial charge >= 0.3 is 5.97 Å². The van der Waals surface area contributed by atoms with Gasteiger partial charge in [-0.3, -0.25) is 4.79 Å². The summed E-state index contributed by atoms with van der Waals surface area (Å²) in [5.41, 5.74) is -0.952. The van der Waals surface area contributed by atoms with E-state index in [2.05, 4.69) is 9.72 Å². The molecule has 0 N–H and O–H groups in total. The lowest BCUT2D eigenvalue weighted by atomic mass is 10.1. The van der Waals surface area contributed by atoms with Crippen LogP contribution in [0.15, 0.2) is 6.20 Å². The highest BCUT2D eigenvalue weighted by molar-refractivity contribution is 14.1. The predicted octanol–water partition coefficient (Wildman–Crippen LogP) is 2.87.